The molecule has 2 aromatic carbocycles. The van der Waals surface area contributed by atoms with Crippen molar-refractivity contribution in [2.45, 2.75) is 64.7 Å². The van der Waals surface area contributed by atoms with Gasteiger partial charge in [-0.2, -0.15) is 5.10 Å². The zero-order valence-corrected chi connectivity index (χ0v) is 17.6. The van der Waals surface area contributed by atoms with Crippen molar-refractivity contribution >= 4 is 17.1 Å². The summed E-state index contributed by atoms with van der Waals surface area (Å²) < 4.78 is 0. The van der Waals surface area contributed by atoms with Crippen LogP contribution in [0.4, 0.5) is 11.4 Å². The van der Waals surface area contributed by atoms with Crippen molar-refractivity contribution in [3.05, 3.63) is 60.7 Å². The Bertz CT molecular complexity index is 612. The van der Waals surface area contributed by atoms with Crippen LogP contribution < -0.4 is 5.01 Å². The fourth-order valence-corrected chi connectivity index (χ4v) is 3.87. The molecule has 146 valence electrons. The van der Waals surface area contributed by atoms with Gasteiger partial charge in [-0.15, -0.1) is 0 Å². The summed E-state index contributed by atoms with van der Waals surface area (Å²) in [6, 6.07) is 20.8. The van der Waals surface area contributed by atoms with Gasteiger partial charge in [0.15, 0.2) is 0 Å². The molecule has 2 saturated carbocycles. The second-order valence-electron chi connectivity index (χ2n) is 7.47. The summed E-state index contributed by atoms with van der Waals surface area (Å²) in [4.78, 5) is 0. The van der Waals surface area contributed by atoms with Gasteiger partial charge in [-0.25, -0.2) is 5.01 Å². The van der Waals surface area contributed by atoms with Crippen molar-refractivity contribution in [3.63, 3.8) is 0 Å². The van der Waals surface area contributed by atoms with Gasteiger partial charge in [0.2, 0.25) is 0 Å². The first-order valence-corrected chi connectivity index (χ1v) is 10.3. The molecular formula is C24H32FeN2. The molecule has 0 amide bonds. The quantitative estimate of drug-likeness (QED) is 0.296. The van der Waals surface area contributed by atoms with E-state index in [0.717, 1.165) is 11.4 Å². The molecule has 0 heterocycles. The van der Waals surface area contributed by atoms with Crippen molar-refractivity contribution in [2.24, 2.45) is 11.0 Å². The van der Waals surface area contributed by atoms with Gasteiger partial charge in [0, 0.05) is 22.8 Å². The molecule has 4 rings (SSSR count). The smallest absolute Gasteiger partial charge is 0.0652 e. The maximum atomic E-state index is 4.95. The summed E-state index contributed by atoms with van der Waals surface area (Å²) in [7, 11) is 0. The van der Waals surface area contributed by atoms with Crippen LogP contribution in [0.3, 0.4) is 0 Å². The van der Waals surface area contributed by atoms with Gasteiger partial charge in [0.25, 0.3) is 0 Å². The number of benzene rings is 2. The zero-order valence-electron chi connectivity index (χ0n) is 16.5. The van der Waals surface area contributed by atoms with Gasteiger partial charge in [0.05, 0.1) is 11.4 Å². The van der Waals surface area contributed by atoms with Gasteiger partial charge < -0.3 is 0 Å². The van der Waals surface area contributed by atoms with E-state index >= 15 is 0 Å². The molecule has 0 aromatic heterocycles. The average molecular weight is 404 g/mol. The van der Waals surface area contributed by atoms with Crippen molar-refractivity contribution in [3.8, 4) is 0 Å². The van der Waals surface area contributed by atoms with Gasteiger partial charge in [-0.3, -0.25) is 0 Å². The summed E-state index contributed by atoms with van der Waals surface area (Å²) in [5, 5.41) is 7.01. The Hall–Kier alpha value is -1.57. The van der Waals surface area contributed by atoms with E-state index in [-0.39, 0.29) is 17.1 Å². The second kappa shape index (κ2) is 12.0. The molecular weight excluding hydrogens is 372 g/mol. The zero-order chi connectivity index (χ0) is 18.0. The number of anilines is 2. The summed E-state index contributed by atoms with van der Waals surface area (Å²) >= 11 is 0. The van der Waals surface area contributed by atoms with E-state index in [2.05, 4.69) is 60.5 Å². The van der Waals surface area contributed by atoms with E-state index in [4.69, 9.17) is 5.10 Å². The SMILES string of the molecule is C/C(=N\N(c1ccccc1)c1ccccc1)C1CCCC1.C1CCCC1.[Fe]. The van der Waals surface area contributed by atoms with Crippen LogP contribution in [0.5, 0.6) is 0 Å². The molecule has 2 fully saturated rings. The van der Waals surface area contributed by atoms with Crippen molar-refractivity contribution < 1.29 is 17.1 Å². The molecule has 2 aliphatic carbocycles. The van der Waals surface area contributed by atoms with Crippen molar-refractivity contribution in [1.82, 2.24) is 0 Å². The molecule has 0 unspecified atom stereocenters. The molecule has 0 saturated heterocycles. The Balaban J connectivity index is 0.000000379. The Morgan fingerprint density at radius 1 is 0.704 bits per heavy atom. The first kappa shape index (κ1) is 21.7. The first-order valence-electron chi connectivity index (χ1n) is 10.3. The molecule has 0 radical (unpaired) electrons. The van der Waals surface area contributed by atoms with Crippen LogP contribution in [0.25, 0.3) is 0 Å². The maximum Gasteiger partial charge on any atom is 0.0652 e. The van der Waals surface area contributed by atoms with Crippen LogP contribution in [-0.2, 0) is 17.1 Å². The number of hydrogen-bond acceptors (Lipinski definition) is 2. The summed E-state index contributed by atoms with van der Waals surface area (Å²) in [6.07, 6.45) is 12.8. The first-order chi connectivity index (χ1) is 12.8. The number of nitrogens with zero attached hydrogens (tertiary/aromatic N) is 2. The Morgan fingerprint density at radius 2 is 1.11 bits per heavy atom. The van der Waals surface area contributed by atoms with Gasteiger partial charge >= 0.3 is 0 Å². The molecule has 0 spiro atoms. The predicted octanol–water partition coefficient (Wildman–Crippen LogP) is 7.34. The number of para-hydroxylation sites is 2. The van der Waals surface area contributed by atoms with Gasteiger partial charge in [-0.1, -0.05) is 81.3 Å². The normalized spacial score (nSPS) is 17.0. The van der Waals surface area contributed by atoms with Gasteiger partial charge in [0.1, 0.15) is 0 Å². The van der Waals surface area contributed by atoms with Crippen molar-refractivity contribution in [2.75, 3.05) is 5.01 Å². The van der Waals surface area contributed by atoms with Crippen LogP contribution in [0, 0.1) is 5.92 Å². The maximum absolute atomic E-state index is 4.95. The minimum Gasteiger partial charge on any atom is -0.234 e. The number of hydrogen-bond donors (Lipinski definition) is 0. The molecule has 27 heavy (non-hydrogen) atoms. The monoisotopic (exact) mass is 404 g/mol. The summed E-state index contributed by atoms with van der Waals surface area (Å²) in [5.41, 5.74) is 3.47. The third-order valence-electron chi connectivity index (χ3n) is 5.46. The summed E-state index contributed by atoms with van der Waals surface area (Å²) in [6.45, 7) is 2.18. The minimum atomic E-state index is 0. The fourth-order valence-electron chi connectivity index (χ4n) is 3.87. The Morgan fingerprint density at radius 3 is 1.52 bits per heavy atom. The molecule has 2 aliphatic rings. The van der Waals surface area contributed by atoms with Crippen LogP contribution in [0.1, 0.15) is 64.7 Å². The topological polar surface area (TPSA) is 15.6 Å². The van der Waals surface area contributed by atoms with Crippen LogP contribution in [0.2, 0.25) is 0 Å². The second-order valence-corrected chi connectivity index (χ2v) is 7.47. The van der Waals surface area contributed by atoms with E-state index in [1.54, 1.807) is 0 Å². The number of rotatable bonds is 4. The van der Waals surface area contributed by atoms with Crippen LogP contribution >= 0.6 is 0 Å². The largest absolute Gasteiger partial charge is 0.234 e. The standard InChI is InChI=1S/C19H22N2.C5H10.Fe/c1-16(17-10-8-9-11-17)20-21(18-12-4-2-5-13-18)19-14-6-3-7-15-19;1-2-4-5-3-1;/h2-7,12-15,17H,8-11H2,1H3;1-5H2;/b20-16+;;. The molecule has 0 N–H and O–H groups in total. The van der Waals surface area contributed by atoms with Gasteiger partial charge in [-0.05, 0) is 49.9 Å². The predicted molar refractivity (Wildman–Crippen MR) is 113 cm³/mol. The molecule has 2 nitrogen and oxygen atoms in total. The molecule has 0 bridgehead atoms. The minimum absolute atomic E-state index is 0. The third-order valence-corrected chi connectivity index (χ3v) is 5.46. The molecule has 2 aromatic rings. The molecule has 0 atom stereocenters. The molecule has 0 aliphatic heterocycles. The van der Waals surface area contributed by atoms with E-state index < -0.39 is 0 Å². The van der Waals surface area contributed by atoms with Crippen LogP contribution in [0.15, 0.2) is 65.8 Å². The third kappa shape index (κ3) is 6.83. The number of hydrazone groups is 1. The van der Waals surface area contributed by atoms with E-state index in [1.807, 2.05) is 12.1 Å². The van der Waals surface area contributed by atoms with E-state index in [1.165, 1.54) is 63.5 Å². The van der Waals surface area contributed by atoms with Crippen LogP contribution in [-0.4, -0.2) is 5.71 Å². The van der Waals surface area contributed by atoms with E-state index in [0.29, 0.717) is 5.92 Å². The summed E-state index contributed by atoms with van der Waals surface area (Å²) in [5.74, 6) is 0.653. The van der Waals surface area contributed by atoms with E-state index in [9.17, 15) is 0 Å². The molecule has 3 heteroatoms. The Labute approximate surface area is 175 Å². The van der Waals surface area contributed by atoms with Crippen molar-refractivity contribution in [1.29, 1.82) is 0 Å². The average Bonchev–Trinajstić information content (AvgIpc) is 3.44. The Kier molecular flexibility index (Phi) is 9.66. The fraction of sp³-hybridized carbons (Fsp3) is 0.458.